The number of carboxylic acids is 1. The summed E-state index contributed by atoms with van der Waals surface area (Å²) in [4.78, 5) is 29.0. The molecule has 0 saturated carbocycles. The lowest BCUT2D eigenvalue weighted by Crippen LogP contribution is -2.24. The van der Waals surface area contributed by atoms with Gasteiger partial charge in [-0.05, 0) is 36.8 Å². The van der Waals surface area contributed by atoms with Crippen LogP contribution in [0.1, 0.15) is 38.1 Å². The average molecular weight is 432 g/mol. The van der Waals surface area contributed by atoms with Crippen LogP contribution in [0, 0.1) is 6.92 Å². The lowest BCUT2D eigenvalue weighted by molar-refractivity contribution is -0.137. The summed E-state index contributed by atoms with van der Waals surface area (Å²) in [5.41, 5.74) is -0.414. The molecule has 1 aliphatic rings. The number of nitrogens with zero attached hydrogens (tertiary/aromatic N) is 2. The standard InChI is InChI=1S/C21H15F3N2O3S/c1-11-7-16(27)19(20(28)29)15-9-18(12-3-2-6-25-10-12)30-17-5-4-13(21(22,23)24)8-14(17)26(11)15/h2-8,10,18H,9H2,1H3,(H,28,29)/t18-/m1/s1. The number of hydrogen-bond donors (Lipinski definition) is 1. The molecule has 9 heteroatoms. The Morgan fingerprint density at radius 3 is 2.67 bits per heavy atom. The number of aromatic carboxylic acids is 1. The van der Waals surface area contributed by atoms with E-state index >= 15 is 0 Å². The van der Waals surface area contributed by atoms with E-state index in [1.165, 1.54) is 22.4 Å². The van der Waals surface area contributed by atoms with Crippen LogP contribution in [-0.4, -0.2) is 20.6 Å². The first-order valence-corrected chi connectivity index (χ1v) is 9.82. The molecule has 0 fully saturated rings. The van der Waals surface area contributed by atoms with E-state index in [1.54, 1.807) is 25.4 Å². The Balaban J connectivity index is 2.05. The van der Waals surface area contributed by atoms with Crippen molar-refractivity contribution in [3.8, 4) is 5.69 Å². The first-order valence-electron chi connectivity index (χ1n) is 8.94. The van der Waals surface area contributed by atoms with E-state index < -0.39 is 28.7 Å². The predicted molar refractivity (Wildman–Crippen MR) is 105 cm³/mol. The second-order valence-electron chi connectivity index (χ2n) is 6.89. The van der Waals surface area contributed by atoms with Crippen LogP contribution in [0.2, 0.25) is 0 Å². The topological polar surface area (TPSA) is 72.2 Å². The second kappa shape index (κ2) is 7.32. The highest BCUT2D eigenvalue weighted by atomic mass is 32.2. The minimum atomic E-state index is -4.56. The third kappa shape index (κ3) is 3.49. The molecule has 5 nitrogen and oxygen atoms in total. The number of halogens is 3. The van der Waals surface area contributed by atoms with Crippen molar-refractivity contribution in [2.45, 2.75) is 29.7 Å². The van der Waals surface area contributed by atoms with Gasteiger partial charge in [0.05, 0.1) is 11.3 Å². The fraction of sp³-hybridized carbons (Fsp3) is 0.190. The van der Waals surface area contributed by atoms with Crippen molar-refractivity contribution in [3.05, 3.63) is 87.1 Å². The van der Waals surface area contributed by atoms with Crippen LogP contribution in [0.3, 0.4) is 0 Å². The highest BCUT2D eigenvalue weighted by Crippen LogP contribution is 2.45. The fourth-order valence-corrected chi connectivity index (χ4v) is 4.88. The maximum absolute atomic E-state index is 13.4. The van der Waals surface area contributed by atoms with E-state index in [4.69, 9.17) is 0 Å². The number of alkyl halides is 3. The van der Waals surface area contributed by atoms with E-state index in [1.807, 2.05) is 6.07 Å². The summed E-state index contributed by atoms with van der Waals surface area (Å²) >= 11 is 1.32. The third-order valence-corrected chi connectivity index (χ3v) is 6.27. The summed E-state index contributed by atoms with van der Waals surface area (Å²) in [5.74, 6) is -1.41. The van der Waals surface area contributed by atoms with Gasteiger partial charge in [-0.15, -0.1) is 11.8 Å². The molecule has 0 bridgehead atoms. The lowest BCUT2D eigenvalue weighted by Gasteiger charge is -2.19. The molecule has 0 amide bonds. The summed E-state index contributed by atoms with van der Waals surface area (Å²) < 4.78 is 41.6. The van der Waals surface area contributed by atoms with Gasteiger partial charge >= 0.3 is 12.1 Å². The molecule has 30 heavy (non-hydrogen) atoms. The fourth-order valence-electron chi connectivity index (χ4n) is 3.64. The Morgan fingerprint density at radius 1 is 1.27 bits per heavy atom. The van der Waals surface area contributed by atoms with Gasteiger partial charge in [0.15, 0.2) is 5.43 Å². The Morgan fingerprint density at radius 2 is 2.03 bits per heavy atom. The van der Waals surface area contributed by atoms with Crippen LogP contribution in [0.5, 0.6) is 0 Å². The van der Waals surface area contributed by atoms with Crippen LogP contribution < -0.4 is 5.43 Å². The van der Waals surface area contributed by atoms with Crippen molar-refractivity contribution in [1.82, 2.24) is 9.55 Å². The highest BCUT2D eigenvalue weighted by molar-refractivity contribution is 7.99. The van der Waals surface area contributed by atoms with Crippen molar-refractivity contribution >= 4 is 17.7 Å². The van der Waals surface area contributed by atoms with Crippen LogP contribution in [-0.2, 0) is 12.6 Å². The molecule has 2 aromatic heterocycles. The normalized spacial score (nSPS) is 15.8. The van der Waals surface area contributed by atoms with Gasteiger partial charge in [-0.3, -0.25) is 9.78 Å². The monoisotopic (exact) mass is 432 g/mol. The number of aromatic nitrogens is 2. The Kier molecular flexibility index (Phi) is 4.93. The minimum Gasteiger partial charge on any atom is -0.477 e. The Bertz CT molecular complexity index is 1210. The molecular weight excluding hydrogens is 417 g/mol. The van der Waals surface area contributed by atoms with Gasteiger partial charge in [0.1, 0.15) is 5.56 Å². The molecule has 3 heterocycles. The van der Waals surface area contributed by atoms with Gasteiger partial charge in [-0.2, -0.15) is 13.2 Å². The zero-order valence-corrected chi connectivity index (χ0v) is 16.4. The molecule has 0 radical (unpaired) electrons. The van der Waals surface area contributed by atoms with Gasteiger partial charge in [0.2, 0.25) is 0 Å². The van der Waals surface area contributed by atoms with Gasteiger partial charge in [-0.25, -0.2) is 4.79 Å². The lowest BCUT2D eigenvalue weighted by atomic mass is 10.0. The van der Waals surface area contributed by atoms with Crippen molar-refractivity contribution in [1.29, 1.82) is 0 Å². The van der Waals surface area contributed by atoms with E-state index in [0.29, 0.717) is 10.6 Å². The number of rotatable bonds is 2. The maximum atomic E-state index is 13.4. The van der Waals surface area contributed by atoms with Crippen LogP contribution in [0.15, 0.2) is 58.5 Å². The Labute approximate surface area is 173 Å². The van der Waals surface area contributed by atoms with E-state index in [0.717, 1.165) is 23.8 Å². The quantitative estimate of drug-likeness (QED) is 0.638. The van der Waals surface area contributed by atoms with Gasteiger partial charge in [0.25, 0.3) is 0 Å². The number of aryl methyl sites for hydroxylation is 1. The smallest absolute Gasteiger partial charge is 0.416 e. The van der Waals surface area contributed by atoms with Crippen molar-refractivity contribution < 1.29 is 23.1 Å². The zero-order chi connectivity index (χ0) is 21.6. The number of thioether (sulfide) groups is 1. The zero-order valence-electron chi connectivity index (χ0n) is 15.6. The summed E-state index contributed by atoms with van der Waals surface area (Å²) in [5, 5.41) is 9.35. The molecule has 3 aromatic rings. The summed E-state index contributed by atoms with van der Waals surface area (Å²) in [6.07, 6.45) is -1.19. The van der Waals surface area contributed by atoms with Crippen LogP contribution >= 0.6 is 11.8 Å². The largest absolute Gasteiger partial charge is 0.477 e. The summed E-state index contributed by atoms with van der Waals surface area (Å²) in [6, 6.07) is 8.09. The number of benzene rings is 1. The van der Waals surface area contributed by atoms with Crippen LogP contribution in [0.25, 0.3) is 5.69 Å². The third-order valence-electron chi connectivity index (χ3n) is 4.94. The highest BCUT2D eigenvalue weighted by Gasteiger charge is 2.34. The van der Waals surface area contributed by atoms with E-state index in [9.17, 15) is 27.9 Å². The Hall–Kier alpha value is -3.07. The molecule has 0 spiro atoms. The molecule has 0 aliphatic carbocycles. The SMILES string of the molecule is Cc1cc(=O)c(C(=O)O)c2n1-c1cc(C(F)(F)F)ccc1S[C@@H](c1cccnc1)C2. The number of carbonyl (C=O) groups is 1. The first kappa shape index (κ1) is 20.2. The van der Waals surface area contributed by atoms with Crippen molar-refractivity contribution in [2.24, 2.45) is 0 Å². The van der Waals surface area contributed by atoms with E-state index in [2.05, 4.69) is 4.98 Å². The molecule has 1 atom stereocenters. The first-order chi connectivity index (χ1) is 14.2. The average Bonchev–Trinajstić information content (AvgIpc) is 2.84. The summed E-state index contributed by atoms with van der Waals surface area (Å²) in [6.45, 7) is 1.58. The van der Waals surface area contributed by atoms with Gasteiger partial charge < -0.3 is 9.67 Å². The molecule has 1 aliphatic heterocycles. The number of hydrogen-bond acceptors (Lipinski definition) is 4. The molecule has 1 N–H and O–H groups in total. The molecule has 0 saturated heterocycles. The molecule has 1 aromatic carbocycles. The number of carboxylic acid groups (broad SMARTS) is 1. The molecule has 0 unspecified atom stereocenters. The molecule has 4 rings (SSSR count). The molecule has 154 valence electrons. The molecular formula is C21H15F3N2O3S. The second-order valence-corrected chi connectivity index (χ2v) is 8.13. The number of fused-ring (bicyclic) bond motifs is 3. The van der Waals surface area contributed by atoms with Crippen molar-refractivity contribution in [3.63, 3.8) is 0 Å². The van der Waals surface area contributed by atoms with Gasteiger partial charge in [-0.1, -0.05) is 6.07 Å². The van der Waals surface area contributed by atoms with Crippen LogP contribution in [0.4, 0.5) is 13.2 Å². The number of pyridine rings is 2. The predicted octanol–water partition coefficient (Wildman–Crippen LogP) is 4.65. The minimum absolute atomic E-state index is 0.144. The van der Waals surface area contributed by atoms with E-state index in [-0.39, 0.29) is 23.1 Å². The van der Waals surface area contributed by atoms with Crippen molar-refractivity contribution in [2.75, 3.05) is 0 Å². The maximum Gasteiger partial charge on any atom is 0.416 e. The summed E-state index contributed by atoms with van der Waals surface area (Å²) in [7, 11) is 0. The van der Waals surface area contributed by atoms with Gasteiger partial charge in [0, 0.05) is 46.4 Å².